The molecule has 8 heteroatoms. The minimum atomic E-state index is -0.105. The Morgan fingerprint density at radius 1 is 0.565 bits per heavy atom. The van der Waals surface area contributed by atoms with Crippen molar-refractivity contribution in [3.05, 3.63) is 70.8 Å². The molecule has 46 heavy (non-hydrogen) atoms. The molecule has 2 saturated heterocycles. The maximum atomic E-state index is 5.60. The minimum Gasteiger partial charge on any atom is -0.518 e. The summed E-state index contributed by atoms with van der Waals surface area (Å²) in [6, 6.07) is 18.9. The Kier molecular flexibility index (Phi) is 17.5. The van der Waals surface area contributed by atoms with Crippen LogP contribution in [0.2, 0.25) is 0 Å². The Morgan fingerprint density at radius 3 is 1.07 bits per heavy atom. The van der Waals surface area contributed by atoms with Gasteiger partial charge in [-0.3, -0.25) is 9.98 Å². The van der Waals surface area contributed by atoms with Gasteiger partial charge < -0.3 is 18.9 Å². The van der Waals surface area contributed by atoms with E-state index in [-0.39, 0.29) is 59.6 Å². The van der Waals surface area contributed by atoms with Crippen molar-refractivity contribution in [2.75, 3.05) is 39.6 Å². The van der Waals surface area contributed by atoms with Gasteiger partial charge in [0.2, 0.25) is 0 Å². The van der Waals surface area contributed by atoms with E-state index in [1.54, 1.807) is 0 Å². The zero-order chi connectivity index (χ0) is 32.4. The van der Waals surface area contributed by atoms with Crippen LogP contribution in [0.5, 0.6) is 0 Å². The smallest absolute Gasteiger partial charge is 0.518 e. The molecule has 4 aliphatic rings. The first-order chi connectivity index (χ1) is 20.6. The molecule has 0 radical (unpaired) electrons. The van der Waals surface area contributed by atoms with Crippen molar-refractivity contribution in [1.82, 2.24) is 0 Å². The predicted molar refractivity (Wildman–Crippen MR) is 181 cm³/mol. The van der Waals surface area contributed by atoms with E-state index in [2.05, 4.69) is 103 Å². The second-order valence-electron chi connectivity index (χ2n) is 15.2. The fourth-order valence-electron chi connectivity index (χ4n) is 4.51. The average molecular weight is 619 g/mol. The average Bonchev–Trinajstić information content (AvgIpc) is 3.78. The Morgan fingerprint density at radius 2 is 0.891 bits per heavy atom. The van der Waals surface area contributed by atoms with Crippen LogP contribution in [-0.2, 0) is 29.8 Å². The fraction of sp³-hybridized carbons (Fsp3) is 0.632. The molecular weight excluding hydrogens is 562 g/mol. The Bertz CT molecular complexity index is 1100. The molecule has 4 aliphatic heterocycles. The Labute approximate surface area is 304 Å². The van der Waals surface area contributed by atoms with Gasteiger partial charge in [-0.25, -0.2) is 0 Å². The number of ether oxygens (including phenoxy) is 4. The van der Waals surface area contributed by atoms with E-state index in [0.29, 0.717) is 13.2 Å². The standard InChI is InChI=1S/2C15H20NO.2C4H8O.2Li/c2*1-14(2,3)12-8-6-11(7-9-12)13-16-15(4,5)10-17-13;2*1-2-4-5-3-1;;/h2*6,8-9H,10H2,1-5H3;2*1-4H2;;/q2*-1;;;2*+1. The molecule has 0 saturated carbocycles. The summed E-state index contributed by atoms with van der Waals surface area (Å²) in [6.07, 6.45) is 5.11. The van der Waals surface area contributed by atoms with Gasteiger partial charge >= 0.3 is 37.7 Å². The Balaban J connectivity index is 0.000000342. The number of hydrogen-bond donors (Lipinski definition) is 0. The van der Waals surface area contributed by atoms with E-state index >= 15 is 0 Å². The molecule has 0 atom stereocenters. The molecule has 6 nitrogen and oxygen atoms in total. The van der Waals surface area contributed by atoms with E-state index in [1.807, 2.05) is 24.3 Å². The van der Waals surface area contributed by atoms with Crippen molar-refractivity contribution >= 4 is 11.8 Å². The topological polar surface area (TPSA) is 61.6 Å². The zero-order valence-corrected chi connectivity index (χ0v) is 31.1. The molecule has 0 unspecified atom stereocenters. The number of rotatable bonds is 2. The van der Waals surface area contributed by atoms with Crippen LogP contribution in [0.25, 0.3) is 0 Å². The third-order valence-electron chi connectivity index (χ3n) is 7.41. The van der Waals surface area contributed by atoms with Crippen LogP contribution in [0, 0.1) is 12.1 Å². The van der Waals surface area contributed by atoms with Gasteiger partial charge in [0, 0.05) is 26.4 Å². The first-order valence-corrected chi connectivity index (χ1v) is 16.2. The van der Waals surface area contributed by atoms with E-state index < -0.39 is 0 Å². The van der Waals surface area contributed by atoms with Crippen LogP contribution in [0.1, 0.15) is 117 Å². The number of nitrogens with zero attached hydrogens (tertiary/aromatic N) is 2. The molecule has 2 fully saturated rings. The van der Waals surface area contributed by atoms with E-state index in [0.717, 1.165) is 49.3 Å². The maximum Gasteiger partial charge on any atom is 1.00 e. The van der Waals surface area contributed by atoms with Crippen molar-refractivity contribution < 1.29 is 56.7 Å². The number of benzene rings is 2. The number of hydrogen-bond acceptors (Lipinski definition) is 6. The van der Waals surface area contributed by atoms with Crippen molar-refractivity contribution in [2.45, 2.75) is 117 Å². The first kappa shape index (κ1) is 42.5. The van der Waals surface area contributed by atoms with Crippen LogP contribution >= 0.6 is 0 Å². The van der Waals surface area contributed by atoms with Crippen LogP contribution in [-0.4, -0.2) is 62.5 Å². The second-order valence-corrected chi connectivity index (χ2v) is 15.2. The summed E-state index contributed by atoms with van der Waals surface area (Å²) in [5.74, 6) is 1.44. The summed E-state index contributed by atoms with van der Waals surface area (Å²) in [6.45, 7) is 26.8. The summed E-state index contributed by atoms with van der Waals surface area (Å²) in [5.41, 5.74) is 4.56. The van der Waals surface area contributed by atoms with Gasteiger partial charge in [0.05, 0.1) is 11.1 Å². The quantitative estimate of drug-likeness (QED) is 0.383. The maximum absolute atomic E-state index is 5.60. The van der Waals surface area contributed by atoms with Crippen molar-refractivity contribution in [3.63, 3.8) is 0 Å². The summed E-state index contributed by atoms with van der Waals surface area (Å²) in [4.78, 5) is 9.09. The van der Waals surface area contributed by atoms with Gasteiger partial charge in [-0.1, -0.05) is 52.7 Å². The monoisotopic (exact) mass is 618 g/mol. The van der Waals surface area contributed by atoms with Gasteiger partial charge in [0.1, 0.15) is 25.0 Å². The van der Waals surface area contributed by atoms with E-state index in [4.69, 9.17) is 18.9 Å². The normalized spacial score (nSPS) is 19.1. The molecule has 0 aliphatic carbocycles. The van der Waals surface area contributed by atoms with E-state index in [9.17, 15) is 0 Å². The molecule has 0 aromatic heterocycles. The zero-order valence-electron chi connectivity index (χ0n) is 31.1. The van der Waals surface area contributed by atoms with Gasteiger partial charge in [0.15, 0.2) is 0 Å². The molecule has 0 bridgehead atoms. The first-order valence-electron chi connectivity index (χ1n) is 16.2. The minimum absolute atomic E-state index is 0. The number of aliphatic imine (C=N–C) groups is 2. The SMILES string of the molecule is C1CCOC1.C1CCOC1.CC1(C)COC(c2[c-]cc(C(C)(C)C)cc2)=N1.CC1(C)COC(c2[c-]cc(C(C)(C)C)cc2)=N1.[Li+].[Li+]. The molecule has 0 N–H and O–H groups in total. The van der Waals surface area contributed by atoms with Gasteiger partial charge in [-0.15, -0.1) is 59.7 Å². The summed E-state index contributed by atoms with van der Waals surface area (Å²) in [5, 5.41) is 0. The van der Waals surface area contributed by atoms with E-state index in [1.165, 1.54) is 36.8 Å². The third kappa shape index (κ3) is 14.7. The summed E-state index contributed by atoms with van der Waals surface area (Å²) >= 11 is 0. The molecule has 0 amide bonds. The molecule has 6 rings (SSSR count). The fourth-order valence-corrected chi connectivity index (χ4v) is 4.51. The summed E-state index contributed by atoms with van der Waals surface area (Å²) < 4.78 is 21.1. The second kappa shape index (κ2) is 18.9. The van der Waals surface area contributed by atoms with Gasteiger partial charge in [0.25, 0.3) is 0 Å². The largest absolute Gasteiger partial charge is 1.00 e. The van der Waals surface area contributed by atoms with Crippen LogP contribution in [0.3, 0.4) is 0 Å². The molecule has 244 valence electrons. The van der Waals surface area contributed by atoms with Crippen molar-refractivity contribution in [2.24, 2.45) is 9.98 Å². The van der Waals surface area contributed by atoms with Gasteiger partial charge in [-0.05, 0) is 64.2 Å². The molecule has 2 aromatic carbocycles. The molecular formula is C38H56Li2N2O4. The van der Waals surface area contributed by atoms with Gasteiger partial charge in [-0.2, -0.15) is 0 Å². The third-order valence-corrected chi connectivity index (χ3v) is 7.41. The molecule has 2 aromatic rings. The van der Waals surface area contributed by atoms with Crippen molar-refractivity contribution in [1.29, 1.82) is 0 Å². The molecule has 0 spiro atoms. The van der Waals surface area contributed by atoms with Crippen molar-refractivity contribution in [3.8, 4) is 0 Å². The van der Waals surface area contributed by atoms with Crippen LogP contribution in [0.15, 0.2) is 46.4 Å². The van der Waals surface area contributed by atoms with Crippen LogP contribution in [0.4, 0.5) is 0 Å². The Hall–Kier alpha value is -1.51. The summed E-state index contributed by atoms with van der Waals surface area (Å²) in [7, 11) is 0. The molecule has 4 heterocycles. The van der Waals surface area contributed by atoms with Crippen LogP contribution < -0.4 is 37.7 Å². The predicted octanol–water partition coefficient (Wildman–Crippen LogP) is 2.28.